The Balaban J connectivity index is 1.58. The van der Waals surface area contributed by atoms with Crippen molar-refractivity contribution in [3.05, 3.63) is 29.8 Å². The molecular formula is C22H33N3O3. The molecule has 0 aromatic heterocycles. The summed E-state index contributed by atoms with van der Waals surface area (Å²) in [6.07, 6.45) is 3.22. The van der Waals surface area contributed by atoms with E-state index in [0.29, 0.717) is 26.1 Å². The van der Waals surface area contributed by atoms with Crippen molar-refractivity contribution in [3.8, 4) is 5.75 Å². The molecule has 2 aliphatic heterocycles. The summed E-state index contributed by atoms with van der Waals surface area (Å²) in [5.41, 5.74) is 7.21. The molecule has 28 heavy (non-hydrogen) atoms. The maximum absolute atomic E-state index is 12.7. The summed E-state index contributed by atoms with van der Waals surface area (Å²) < 4.78 is 5.28. The van der Waals surface area contributed by atoms with Crippen LogP contribution in [0.5, 0.6) is 5.75 Å². The first-order valence-electron chi connectivity index (χ1n) is 10.3. The molecule has 0 bridgehead atoms. The number of nitrogens with two attached hydrogens (primary N) is 1. The van der Waals surface area contributed by atoms with Crippen LogP contribution in [0.3, 0.4) is 0 Å². The number of likely N-dealkylation sites (tertiary alicyclic amines) is 2. The number of hydrogen-bond donors (Lipinski definition) is 1. The van der Waals surface area contributed by atoms with E-state index in [9.17, 15) is 9.59 Å². The number of benzene rings is 1. The Kier molecular flexibility index (Phi) is 6.28. The van der Waals surface area contributed by atoms with Crippen LogP contribution in [0.4, 0.5) is 0 Å². The van der Waals surface area contributed by atoms with Crippen molar-refractivity contribution < 1.29 is 14.3 Å². The molecule has 2 saturated heterocycles. The Hall–Kier alpha value is -2.08. The molecule has 1 aromatic rings. The maximum Gasteiger partial charge on any atom is 0.239 e. The van der Waals surface area contributed by atoms with E-state index in [1.165, 1.54) is 0 Å². The Morgan fingerprint density at radius 1 is 1.32 bits per heavy atom. The summed E-state index contributed by atoms with van der Waals surface area (Å²) in [5.74, 6) is 1.26. The Labute approximate surface area is 168 Å². The van der Waals surface area contributed by atoms with Crippen LogP contribution in [0.15, 0.2) is 24.3 Å². The number of ether oxygens (including phenoxy) is 1. The molecule has 2 atom stereocenters. The summed E-state index contributed by atoms with van der Waals surface area (Å²) in [4.78, 5) is 29.2. The number of amides is 2. The third-order valence-electron chi connectivity index (χ3n) is 6.59. The minimum absolute atomic E-state index is 0.00675. The third kappa shape index (κ3) is 4.32. The lowest BCUT2D eigenvalue weighted by Crippen LogP contribution is -2.51. The second kappa shape index (κ2) is 8.52. The van der Waals surface area contributed by atoms with E-state index in [-0.39, 0.29) is 23.1 Å². The molecule has 0 aliphatic carbocycles. The number of hydrogen-bond acceptors (Lipinski definition) is 4. The van der Waals surface area contributed by atoms with Crippen LogP contribution in [0.2, 0.25) is 0 Å². The molecule has 3 rings (SSSR count). The van der Waals surface area contributed by atoms with E-state index in [2.05, 4.69) is 6.92 Å². The van der Waals surface area contributed by atoms with Crippen LogP contribution in [-0.4, -0.2) is 54.4 Å². The maximum atomic E-state index is 12.7. The lowest BCUT2D eigenvalue weighted by Gasteiger charge is -2.40. The molecule has 6 heteroatoms. The average molecular weight is 388 g/mol. The highest BCUT2D eigenvalue weighted by Crippen LogP contribution is 2.41. The number of piperidine rings is 1. The average Bonchev–Trinajstić information content (AvgIpc) is 3.01. The molecule has 2 heterocycles. The molecule has 0 radical (unpaired) electrons. The number of methoxy groups -OCH3 is 1. The molecule has 2 aliphatic rings. The fourth-order valence-electron chi connectivity index (χ4n) is 4.36. The highest BCUT2D eigenvalue weighted by atomic mass is 16.5. The van der Waals surface area contributed by atoms with E-state index in [4.69, 9.17) is 10.5 Å². The summed E-state index contributed by atoms with van der Waals surface area (Å²) in [6, 6.07) is 7.45. The Bertz CT molecular complexity index is 713. The normalized spacial score (nSPS) is 21.1. The molecule has 6 nitrogen and oxygen atoms in total. The van der Waals surface area contributed by atoms with Crippen molar-refractivity contribution in [3.63, 3.8) is 0 Å². The van der Waals surface area contributed by atoms with Crippen LogP contribution in [0.25, 0.3) is 0 Å². The molecule has 2 fully saturated rings. The van der Waals surface area contributed by atoms with Crippen LogP contribution in [0.1, 0.15) is 45.1 Å². The third-order valence-corrected chi connectivity index (χ3v) is 6.59. The van der Waals surface area contributed by atoms with Gasteiger partial charge in [0.25, 0.3) is 0 Å². The zero-order valence-corrected chi connectivity index (χ0v) is 17.3. The predicted molar refractivity (Wildman–Crippen MR) is 109 cm³/mol. The van der Waals surface area contributed by atoms with Gasteiger partial charge in [-0.15, -0.1) is 0 Å². The molecule has 2 unspecified atom stereocenters. The van der Waals surface area contributed by atoms with Crippen molar-refractivity contribution in [1.82, 2.24) is 9.80 Å². The van der Waals surface area contributed by atoms with Gasteiger partial charge in [-0.1, -0.05) is 32.4 Å². The van der Waals surface area contributed by atoms with E-state index in [1.54, 1.807) is 7.11 Å². The molecule has 2 N–H and O–H groups in total. The van der Waals surface area contributed by atoms with Gasteiger partial charge in [0.15, 0.2) is 0 Å². The molecule has 1 spiro atoms. The highest BCUT2D eigenvalue weighted by molar-refractivity contribution is 5.82. The van der Waals surface area contributed by atoms with Gasteiger partial charge < -0.3 is 20.3 Å². The van der Waals surface area contributed by atoms with Gasteiger partial charge in [0.2, 0.25) is 11.8 Å². The van der Waals surface area contributed by atoms with Crippen molar-refractivity contribution in [1.29, 1.82) is 0 Å². The number of carbonyl (C=O) groups excluding carboxylic acids is 2. The number of carbonyl (C=O) groups is 2. The topological polar surface area (TPSA) is 75.9 Å². The van der Waals surface area contributed by atoms with Gasteiger partial charge in [-0.25, -0.2) is 0 Å². The fourth-order valence-corrected chi connectivity index (χ4v) is 4.36. The van der Waals surface area contributed by atoms with Gasteiger partial charge in [0.05, 0.1) is 13.2 Å². The quantitative estimate of drug-likeness (QED) is 0.813. The Morgan fingerprint density at radius 2 is 2.04 bits per heavy atom. The van der Waals surface area contributed by atoms with Gasteiger partial charge in [-0.3, -0.25) is 9.59 Å². The first kappa shape index (κ1) is 20.6. The van der Waals surface area contributed by atoms with Gasteiger partial charge in [0, 0.05) is 38.0 Å². The van der Waals surface area contributed by atoms with E-state index in [0.717, 1.165) is 37.1 Å². The minimum Gasteiger partial charge on any atom is -0.497 e. The molecule has 0 saturated carbocycles. The second-order valence-electron chi connectivity index (χ2n) is 8.51. The number of rotatable bonds is 6. The first-order chi connectivity index (χ1) is 13.4. The van der Waals surface area contributed by atoms with Crippen molar-refractivity contribution in [2.24, 2.45) is 17.1 Å². The first-order valence-corrected chi connectivity index (χ1v) is 10.3. The summed E-state index contributed by atoms with van der Waals surface area (Å²) >= 11 is 0. The van der Waals surface area contributed by atoms with Crippen molar-refractivity contribution in [2.75, 3.05) is 26.7 Å². The number of nitrogens with zero attached hydrogens (tertiary/aromatic N) is 2. The highest BCUT2D eigenvalue weighted by Gasteiger charge is 2.45. The summed E-state index contributed by atoms with van der Waals surface area (Å²) in [7, 11) is 1.65. The van der Waals surface area contributed by atoms with E-state index >= 15 is 0 Å². The van der Waals surface area contributed by atoms with Crippen LogP contribution in [-0.2, 0) is 16.1 Å². The monoisotopic (exact) mass is 387 g/mol. The van der Waals surface area contributed by atoms with Crippen LogP contribution < -0.4 is 10.5 Å². The summed E-state index contributed by atoms with van der Waals surface area (Å²) in [6.45, 7) is 6.86. The minimum atomic E-state index is -0.422. The van der Waals surface area contributed by atoms with Gasteiger partial charge in [-0.05, 0) is 36.5 Å². The van der Waals surface area contributed by atoms with Crippen molar-refractivity contribution in [2.45, 2.75) is 52.1 Å². The van der Waals surface area contributed by atoms with Crippen LogP contribution >= 0.6 is 0 Å². The zero-order chi connectivity index (χ0) is 20.3. The molecular weight excluding hydrogens is 354 g/mol. The van der Waals surface area contributed by atoms with Crippen LogP contribution in [0, 0.1) is 11.3 Å². The smallest absolute Gasteiger partial charge is 0.239 e. The molecule has 2 amide bonds. The van der Waals surface area contributed by atoms with Gasteiger partial charge in [-0.2, -0.15) is 0 Å². The molecule has 154 valence electrons. The van der Waals surface area contributed by atoms with Gasteiger partial charge in [0.1, 0.15) is 5.75 Å². The summed E-state index contributed by atoms with van der Waals surface area (Å²) in [5, 5.41) is 0. The van der Waals surface area contributed by atoms with Gasteiger partial charge >= 0.3 is 0 Å². The standard InChI is InChI=1S/C22H33N3O3/c1-4-16(2)20(23)21(27)24-10-8-22(9-11-24)13-19(26)25(15-22)14-17-6-5-7-18(12-17)28-3/h5-7,12,16,20H,4,8-11,13-15,23H2,1-3H3. The SMILES string of the molecule is CCC(C)C(N)C(=O)N1CCC2(CC1)CC(=O)N(Cc1cccc(OC)c1)C2. The largest absolute Gasteiger partial charge is 0.497 e. The van der Waals surface area contributed by atoms with E-state index in [1.807, 2.05) is 41.0 Å². The Morgan fingerprint density at radius 3 is 2.68 bits per heavy atom. The predicted octanol–water partition coefficient (Wildman–Crippen LogP) is 2.41. The second-order valence-corrected chi connectivity index (χ2v) is 8.51. The molecule has 1 aromatic carbocycles. The van der Waals surface area contributed by atoms with Crippen molar-refractivity contribution >= 4 is 11.8 Å². The van der Waals surface area contributed by atoms with E-state index < -0.39 is 6.04 Å². The lowest BCUT2D eigenvalue weighted by atomic mass is 9.77. The fraction of sp³-hybridized carbons (Fsp3) is 0.636. The lowest BCUT2D eigenvalue weighted by molar-refractivity contribution is -0.136. The zero-order valence-electron chi connectivity index (χ0n) is 17.3.